The van der Waals surface area contributed by atoms with Gasteiger partial charge in [0.05, 0.1) is 5.41 Å². The van der Waals surface area contributed by atoms with Crippen molar-refractivity contribution in [2.45, 2.75) is 50.8 Å². The second-order valence-corrected chi connectivity index (χ2v) is 9.14. The van der Waals surface area contributed by atoms with Gasteiger partial charge in [-0.1, -0.05) is 31.1 Å². The van der Waals surface area contributed by atoms with Crippen LogP contribution < -0.4 is 10.0 Å². The summed E-state index contributed by atoms with van der Waals surface area (Å²) in [5.41, 5.74) is 1.17. The molecule has 1 aromatic carbocycles. The summed E-state index contributed by atoms with van der Waals surface area (Å²) in [7, 11) is -3.78. The van der Waals surface area contributed by atoms with Crippen LogP contribution >= 0.6 is 0 Å². The minimum atomic E-state index is -3.78. The molecule has 0 aliphatic heterocycles. The molecule has 0 atom stereocenters. The first-order valence-corrected chi connectivity index (χ1v) is 10.5. The molecule has 1 aliphatic carbocycles. The fourth-order valence-corrected chi connectivity index (χ4v) is 4.55. The van der Waals surface area contributed by atoms with E-state index < -0.39 is 15.4 Å². The predicted molar refractivity (Wildman–Crippen MR) is 102 cm³/mol. The van der Waals surface area contributed by atoms with E-state index in [4.69, 9.17) is 4.52 Å². The number of benzene rings is 1. The molecule has 0 unspecified atom stereocenters. The van der Waals surface area contributed by atoms with Crippen LogP contribution in [0.1, 0.15) is 43.7 Å². The third-order valence-corrected chi connectivity index (χ3v) is 6.41. The molecule has 1 aromatic heterocycles. The molecule has 0 bridgehead atoms. The number of hydrogen-bond donors (Lipinski definition) is 2. The molecule has 146 valence electrons. The van der Waals surface area contributed by atoms with Crippen LogP contribution in [0.2, 0.25) is 0 Å². The Balaban J connectivity index is 1.75. The fraction of sp³-hybridized carbons (Fsp3) is 0.474. The zero-order chi connectivity index (χ0) is 19.8. The number of nitrogens with one attached hydrogen (secondary N) is 2. The van der Waals surface area contributed by atoms with E-state index in [0.29, 0.717) is 23.8 Å². The van der Waals surface area contributed by atoms with Gasteiger partial charge < -0.3 is 9.84 Å². The van der Waals surface area contributed by atoms with E-state index in [9.17, 15) is 13.2 Å². The zero-order valence-corrected chi connectivity index (χ0v) is 16.8. The number of amides is 1. The minimum absolute atomic E-state index is 0.0419. The van der Waals surface area contributed by atoms with E-state index in [0.717, 1.165) is 18.4 Å². The molecule has 1 fully saturated rings. The van der Waals surface area contributed by atoms with E-state index in [1.807, 2.05) is 12.1 Å². The van der Waals surface area contributed by atoms with Crippen LogP contribution in [0.4, 0.5) is 5.69 Å². The monoisotopic (exact) mass is 391 g/mol. The number of nitrogens with zero attached hydrogens (tertiary/aromatic N) is 1. The third-order valence-electron chi connectivity index (χ3n) is 4.78. The summed E-state index contributed by atoms with van der Waals surface area (Å²) in [6.45, 7) is 7.90. The zero-order valence-electron chi connectivity index (χ0n) is 16.0. The van der Waals surface area contributed by atoms with E-state index in [1.54, 1.807) is 26.0 Å². The minimum Gasteiger partial charge on any atom is -0.360 e. The molecular formula is C19H25N3O4S. The van der Waals surface area contributed by atoms with Crippen molar-refractivity contribution in [3.8, 4) is 0 Å². The molecule has 1 aliphatic rings. The van der Waals surface area contributed by atoms with E-state index in [1.165, 1.54) is 0 Å². The lowest BCUT2D eigenvalue weighted by Crippen LogP contribution is -2.36. The Hall–Kier alpha value is -2.35. The van der Waals surface area contributed by atoms with E-state index in [2.05, 4.69) is 29.0 Å². The fourth-order valence-electron chi connectivity index (χ4n) is 3.16. The maximum atomic E-state index is 12.6. The van der Waals surface area contributed by atoms with Gasteiger partial charge in [0.2, 0.25) is 5.91 Å². The summed E-state index contributed by atoms with van der Waals surface area (Å²) in [5.74, 6) is 0.682. The number of carbonyl (C=O) groups excluding carboxylic acids is 1. The number of rotatable bonds is 7. The second-order valence-electron chi connectivity index (χ2n) is 7.52. The molecule has 2 aromatic rings. The number of aromatic nitrogens is 1. The van der Waals surface area contributed by atoms with Crippen molar-refractivity contribution < 1.29 is 17.7 Å². The molecule has 0 radical (unpaired) electrons. The molecule has 0 saturated heterocycles. The molecule has 1 amide bonds. The van der Waals surface area contributed by atoms with Crippen molar-refractivity contribution in [1.29, 1.82) is 0 Å². The summed E-state index contributed by atoms with van der Waals surface area (Å²) >= 11 is 0. The lowest BCUT2D eigenvalue weighted by Gasteiger charge is -2.17. The number of sulfonamides is 1. The topological polar surface area (TPSA) is 101 Å². The highest BCUT2D eigenvalue weighted by atomic mass is 32.2. The van der Waals surface area contributed by atoms with Crippen LogP contribution in [0.25, 0.3) is 0 Å². The lowest BCUT2D eigenvalue weighted by atomic mass is 9.94. The summed E-state index contributed by atoms with van der Waals surface area (Å²) in [4.78, 5) is 12.6. The largest absolute Gasteiger partial charge is 0.360 e. The number of hydrogen-bond acceptors (Lipinski definition) is 5. The summed E-state index contributed by atoms with van der Waals surface area (Å²) in [5, 5.41) is 6.69. The Morgan fingerprint density at radius 3 is 2.33 bits per heavy atom. The Kier molecular flexibility index (Phi) is 5.03. The standard InChI is InChI=1S/C19H25N3O4S/c1-12(2)11-20-18(23)19(9-10-19)15-5-7-16(8-6-15)22-27(24,25)17-13(3)21-26-14(17)4/h5-8,12,22H,9-11H2,1-4H3,(H,20,23). The Morgan fingerprint density at radius 1 is 1.22 bits per heavy atom. The van der Waals surface area contributed by atoms with Gasteiger partial charge in [0.1, 0.15) is 5.69 Å². The Morgan fingerprint density at radius 2 is 1.85 bits per heavy atom. The van der Waals surface area contributed by atoms with Crippen LogP contribution in [0, 0.1) is 19.8 Å². The van der Waals surface area contributed by atoms with Gasteiger partial charge in [-0.2, -0.15) is 0 Å². The average Bonchev–Trinajstić information content (AvgIpc) is 3.33. The normalized spacial score (nSPS) is 15.6. The van der Waals surface area contributed by atoms with Crippen molar-refractivity contribution in [3.05, 3.63) is 41.3 Å². The third kappa shape index (κ3) is 3.85. The summed E-state index contributed by atoms with van der Waals surface area (Å²) in [6.07, 6.45) is 1.61. The van der Waals surface area contributed by atoms with Crippen molar-refractivity contribution in [3.63, 3.8) is 0 Å². The summed E-state index contributed by atoms with van der Waals surface area (Å²) in [6, 6.07) is 6.99. The first-order valence-electron chi connectivity index (χ1n) is 9.00. The number of carbonyl (C=O) groups is 1. The molecule has 0 spiro atoms. The number of anilines is 1. The molecule has 2 N–H and O–H groups in total. The van der Waals surface area contributed by atoms with Crippen LogP contribution in [0.15, 0.2) is 33.7 Å². The molecule has 27 heavy (non-hydrogen) atoms. The predicted octanol–water partition coefficient (Wildman–Crippen LogP) is 2.90. The van der Waals surface area contributed by atoms with E-state index >= 15 is 0 Å². The maximum absolute atomic E-state index is 12.6. The highest BCUT2D eigenvalue weighted by molar-refractivity contribution is 7.92. The van der Waals surface area contributed by atoms with Gasteiger partial charge in [-0.3, -0.25) is 9.52 Å². The van der Waals surface area contributed by atoms with Gasteiger partial charge in [-0.25, -0.2) is 8.42 Å². The molecule has 3 rings (SSSR count). The van der Waals surface area contributed by atoms with Gasteiger partial charge >= 0.3 is 0 Å². The van der Waals surface area contributed by atoms with Crippen LogP contribution in [0.3, 0.4) is 0 Å². The van der Waals surface area contributed by atoms with Gasteiger partial charge in [-0.15, -0.1) is 0 Å². The molecule has 1 heterocycles. The maximum Gasteiger partial charge on any atom is 0.267 e. The molecular weight excluding hydrogens is 366 g/mol. The first-order chi connectivity index (χ1) is 12.7. The van der Waals surface area contributed by atoms with Gasteiger partial charge in [0.25, 0.3) is 10.0 Å². The van der Waals surface area contributed by atoms with Gasteiger partial charge in [-0.05, 0) is 50.3 Å². The Bertz CT molecular complexity index is 922. The first kappa shape index (κ1) is 19.4. The van der Waals surface area contributed by atoms with Crippen LogP contribution in [-0.4, -0.2) is 26.0 Å². The SMILES string of the molecule is Cc1noc(C)c1S(=O)(=O)Nc1ccc(C2(C(=O)NCC(C)C)CC2)cc1. The molecule has 1 saturated carbocycles. The quantitative estimate of drug-likeness (QED) is 0.756. The van der Waals surface area contributed by atoms with Crippen molar-refractivity contribution >= 4 is 21.6 Å². The summed E-state index contributed by atoms with van der Waals surface area (Å²) < 4.78 is 32.6. The Labute approximate surface area is 159 Å². The number of aryl methyl sites for hydroxylation is 2. The molecule has 7 nitrogen and oxygen atoms in total. The van der Waals surface area contributed by atoms with Crippen LogP contribution in [0.5, 0.6) is 0 Å². The molecule has 8 heteroatoms. The van der Waals surface area contributed by atoms with Gasteiger partial charge in [0.15, 0.2) is 10.7 Å². The highest BCUT2D eigenvalue weighted by Crippen LogP contribution is 2.48. The average molecular weight is 391 g/mol. The second kappa shape index (κ2) is 6.99. The van der Waals surface area contributed by atoms with Crippen LogP contribution in [-0.2, 0) is 20.2 Å². The van der Waals surface area contributed by atoms with Crippen molar-refractivity contribution in [2.24, 2.45) is 5.92 Å². The van der Waals surface area contributed by atoms with Gasteiger partial charge in [0, 0.05) is 12.2 Å². The highest BCUT2D eigenvalue weighted by Gasteiger charge is 2.51. The lowest BCUT2D eigenvalue weighted by molar-refractivity contribution is -0.123. The van der Waals surface area contributed by atoms with E-state index in [-0.39, 0.29) is 16.6 Å². The van der Waals surface area contributed by atoms with Crippen molar-refractivity contribution in [2.75, 3.05) is 11.3 Å². The smallest absolute Gasteiger partial charge is 0.267 e. The van der Waals surface area contributed by atoms with Crippen molar-refractivity contribution in [1.82, 2.24) is 10.5 Å².